The topological polar surface area (TPSA) is 69.7 Å². The molecule has 146 valence electrons. The molecule has 3 rings (SSSR count). The lowest BCUT2D eigenvalue weighted by molar-refractivity contribution is -0.144. The Morgan fingerprint density at radius 1 is 1.44 bits per heavy atom. The summed E-state index contributed by atoms with van der Waals surface area (Å²) in [5, 5.41) is 3.36. The van der Waals surface area contributed by atoms with E-state index in [1.54, 1.807) is 28.8 Å². The number of fused-ring (bicyclic) bond motifs is 1. The number of halogens is 1. The van der Waals surface area contributed by atoms with Crippen molar-refractivity contribution in [1.82, 2.24) is 9.80 Å². The Hall–Kier alpha value is -1.73. The lowest BCUT2D eigenvalue weighted by Crippen LogP contribution is -2.52. The summed E-state index contributed by atoms with van der Waals surface area (Å²) in [7, 11) is 0. The fraction of sp³-hybridized carbons (Fsp3) is 0.526. The van der Waals surface area contributed by atoms with Crippen molar-refractivity contribution in [2.45, 2.75) is 44.5 Å². The number of benzene rings is 1. The third-order valence-corrected chi connectivity index (χ3v) is 6.97. The molecule has 1 aromatic carbocycles. The first-order valence-corrected chi connectivity index (χ1v) is 10.4. The van der Waals surface area contributed by atoms with Gasteiger partial charge in [-0.15, -0.1) is 11.8 Å². The summed E-state index contributed by atoms with van der Waals surface area (Å²) in [5.41, 5.74) is 1.53. The largest absolute Gasteiger partial charge is 0.332 e. The van der Waals surface area contributed by atoms with Crippen LogP contribution in [0.4, 0.5) is 5.69 Å². The van der Waals surface area contributed by atoms with Crippen LogP contribution in [0.25, 0.3) is 0 Å². The van der Waals surface area contributed by atoms with Gasteiger partial charge >= 0.3 is 0 Å². The molecular formula is C19H24ClN3O3S. The summed E-state index contributed by atoms with van der Waals surface area (Å²) in [6.07, 6.45) is 1.24. The number of likely N-dealkylation sites (N-methyl/N-ethyl adjacent to an activating group) is 1. The van der Waals surface area contributed by atoms with Crippen molar-refractivity contribution in [2.75, 3.05) is 24.2 Å². The van der Waals surface area contributed by atoms with Crippen LogP contribution in [0.2, 0.25) is 5.02 Å². The summed E-state index contributed by atoms with van der Waals surface area (Å²) in [5.74, 6) is 0.154. The molecule has 27 heavy (non-hydrogen) atoms. The Balaban J connectivity index is 1.68. The summed E-state index contributed by atoms with van der Waals surface area (Å²) in [6, 6.07) is 4.79. The molecule has 2 atom stereocenters. The number of thioether (sulfide) groups is 1. The summed E-state index contributed by atoms with van der Waals surface area (Å²) in [6.45, 7) is 6.08. The van der Waals surface area contributed by atoms with E-state index in [-0.39, 0.29) is 29.1 Å². The lowest BCUT2D eigenvalue weighted by atomic mass is 10.2. The molecule has 3 amide bonds. The standard InChI is InChI=1S/C19H24ClN3O3S/c1-4-22(10-16(24)21-14-9-13(20)6-5-12(14)2)18(26)15-11-27-19(3)8-7-17(25)23(15)19/h5-6,9,15H,4,7-8,10-11H2,1-3H3,(H,21,24)/t15-,19+/m0/s1. The maximum absolute atomic E-state index is 13.0. The molecule has 2 fully saturated rings. The average Bonchev–Trinajstić information content (AvgIpc) is 3.11. The number of hydrogen-bond acceptors (Lipinski definition) is 4. The zero-order chi connectivity index (χ0) is 19.8. The normalized spacial score (nSPS) is 24.1. The summed E-state index contributed by atoms with van der Waals surface area (Å²) < 4.78 is 0. The van der Waals surface area contributed by atoms with Crippen molar-refractivity contribution in [3.05, 3.63) is 28.8 Å². The van der Waals surface area contributed by atoms with Gasteiger partial charge in [-0.3, -0.25) is 14.4 Å². The molecule has 0 bridgehead atoms. The second kappa shape index (κ2) is 7.72. The van der Waals surface area contributed by atoms with E-state index in [0.717, 1.165) is 12.0 Å². The van der Waals surface area contributed by atoms with Crippen LogP contribution in [0.15, 0.2) is 18.2 Å². The van der Waals surface area contributed by atoms with Crippen molar-refractivity contribution in [3.63, 3.8) is 0 Å². The van der Waals surface area contributed by atoms with Gasteiger partial charge in [0.15, 0.2) is 0 Å². The Bertz CT molecular complexity index is 787. The van der Waals surface area contributed by atoms with Gasteiger partial charge in [0.25, 0.3) is 0 Å². The molecule has 0 aromatic heterocycles. The van der Waals surface area contributed by atoms with E-state index in [2.05, 4.69) is 5.32 Å². The SMILES string of the molecule is CCN(CC(=O)Nc1cc(Cl)ccc1C)C(=O)[C@@H]1CS[C@]2(C)CCC(=O)N12. The molecule has 0 aliphatic carbocycles. The van der Waals surface area contributed by atoms with Crippen LogP contribution in [0.3, 0.4) is 0 Å². The van der Waals surface area contributed by atoms with E-state index >= 15 is 0 Å². The number of carbonyl (C=O) groups is 3. The fourth-order valence-electron chi connectivity index (χ4n) is 3.65. The Labute approximate surface area is 168 Å². The van der Waals surface area contributed by atoms with Gasteiger partial charge in [0.05, 0.1) is 11.4 Å². The van der Waals surface area contributed by atoms with Crippen LogP contribution in [0.5, 0.6) is 0 Å². The van der Waals surface area contributed by atoms with Crippen LogP contribution in [-0.2, 0) is 14.4 Å². The van der Waals surface area contributed by atoms with E-state index in [4.69, 9.17) is 11.6 Å². The van der Waals surface area contributed by atoms with Crippen LogP contribution >= 0.6 is 23.4 Å². The highest BCUT2D eigenvalue weighted by Gasteiger charge is 2.53. The second-order valence-corrected chi connectivity index (χ2v) is 9.06. The first-order chi connectivity index (χ1) is 12.7. The molecule has 2 saturated heterocycles. The van der Waals surface area contributed by atoms with Crippen molar-refractivity contribution in [2.24, 2.45) is 0 Å². The van der Waals surface area contributed by atoms with Crippen LogP contribution in [0, 0.1) is 6.92 Å². The highest BCUT2D eigenvalue weighted by molar-refractivity contribution is 8.01. The maximum atomic E-state index is 13.0. The predicted molar refractivity (Wildman–Crippen MR) is 108 cm³/mol. The Morgan fingerprint density at radius 3 is 2.89 bits per heavy atom. The van der Waals surface area contributed by atoms with Gasteiger partial charge in [-0.1, -0.05) is 17.7 Å². The highest BCUT2D eigenvalue weighted by Crippen LogP contribution is 2.47. The lowest BCUT2D eigenvalue weighted by Gasteiger charge is -2.32. The van der Waals surface area contributed by atoms with E-state index < -0.39 is 6.04 Å². The second-order valence-electron chi connectivity index (χ2n) is 7.13. The molecular weight excluding hydrogens is 386 g/mol. The molecule has 6 nitrogen and oxygen atoms in total. The van der Waals surface area contributed by atoms with Crippen molar-refractivity contribution in [1.29, 1.82) is 0 Å². The molecule has 2 heterocycles. The van der Waals surface area contributed by atoms with Gasteiger partial charge in [0.2, 0.25) is 17.7 Å². The number of anilines is 1. The smallest absolute Gasteiger partial charge is 0.246 e. The average molecular weight is 410 g/mol. The molecule has 0 radical (unpaired) electrons. The Kier molecular flexibility index (Phi) is 5.72. The molecule has 8 heteroatoms. The minimum absolute atomic E-state index is 0.0240. The van der Waals surface area contributed by atoms with Crippen molar-refractivity contribution >= 4 is 46.8 Å². The molecule has 2 aliphatic rings. The number of nitrogens with zero attached hydrogens (tertiary/aromatic N) is 2. The van der Waals surface area contributed by atoms with Gasteiger partial charge in [0, 0.05) is 29.4 Å². The van der Waals surface area contributed by atoms with Gasteiger partial charge in [-0.05, 0) is 44.9 Å². The van der Waals surface area contributed by atoms with E-state index in [9.17, 15) is 14.4 Å². The minimum atomic E-state index is -0.490. The van der Waals surface area contributed by atoms with Gasteiger partial charge in [-0.2, -0.15) is 0 Å². The molecule has 0 unspecified atom stereocenters. The molecule has 1 N–H and O–H groups in total. The molecule has 2 aliphatic heterocycles. The van der Waals surface area contributed by atoms with E-state index in [1.165, 1.54) is 4.90 Å². The maximum Gasteiger partial charge on any atom is 0.246 e. The number of carbonyl (C=O) groups excluding carboxylic acids is 3. The number of aryl methyl sites for hydroxylation is 1. The number of rotatable bonds is 5. The third kappa shape index (κ3) is 3.94. The Morgan fingerprint density at radius 2 is 2.19 bits per heavy atom. The van der Waals surface area contributed by atoms with Crippen LogP contribution < -0.4 is 5.32 Å². The third-order valence-electron chi connectivity index (χ3n) is 5.23. The summed E-state index contributed by atoms with van der Waals surface area (Å²) >= 11 is 7.64. The molecule has 0 saturated carbocycles. The van der Waals surface area contributed by atoms with E-state index in [0.29, 0.717) is 29.4 Å². The first kappa shape index (κ1) is 20.0. The van der Waals surface area contributed by atoms with Crippen LogP contribution in [0.1, 0.15) is 32.3 Å². The van der Waals surface area contributed by atoms with E-state index in [1.807, 2.05) is 26.8 Å². The zero-order valence-corrected chi connectivity index (χ0v) is 17.3. The highest BCUT2D eigenvalue weighted by atomic mass is 35.5. The first-order valence-electron chi connectivity index (χ1n) is 9.06. The fourth-order valence-corrected chi connectivity index (χ4v) is 5.25. The van der Waals surface area contributed by atoms with Gasteiger partial charge in [-0.25, -0.2) is 0 Å². The quantitative estimate of drug-likeness (QED) is 0.811. The van der Waals surface area contributed by atoms with Crippen LogP contribution in [-0.4, -0.2) is 57.3 Å². The number of hydrogen-bond donors (Lipinski definition) is 1. The summed E-state index contributed by atoms with van der Waals surface area (Å²) in [4.78, 5) is 40.7. The van der Waals surface area contributed by atoms with Gasteiger partial charge < -0.3 is 15.1 Å². The predicted octanol–water partition coefficient (Wildman–Crippen LogP) is 2.89. The van der Waals surface area contributed by atoms with Crippen molar-refractivity contribution in [3.8, 4) is 0 Å². The monoisotopic (exact) mass is 409 g/mol. The molecule has 1 aromatic rings. The molecule has 0 spiro atoms. The van der Waals surface area contributed by atoms with Crippen molar-refractivity contribution < 1.29 is 14.4 Å². The number of nitrogens with one attached hydrogen (secondary N) is 1. The van der Waals surface area contributed by atoms with Gasteiger partial charge in [0.1, 0.15) is 6.04 Å². The minimum Gasteiger partial charge on any atom is -0.332 e. The number of amides is 3. The zero-order valence-electron chi connectivity index (χ0n) is 15.8.